The summed E-state index contributed by atoms with van der Waals surface area (Å²) in [5.74, 6) is 0.470. The molecule has 2 rings (SSSR count). The third kappa shape index (κ3) is 3.68. The van der Waals surface area contributed by atoms with E-state index in [9.17, 15) is 0 Å². The van der Waals surface area contributed by atoms with Crippen molar-refractivity contribution >= 4 is 11.3 Å². The number of nitrogens with one attached hydrogen (secondary N) is 1. The number of hydrogen-bond donors (Lipinski definition) is 1. The molecule has 0 radical (unpaired) electrons. The molecule has 1 N–H and O–H groups in total. The molecule has 3 heteroatoms. The monoisotopic (exact) mass is 288 g/mol. The van der Waals surface area contributed by atoms with Crippen LogP contribution in [0.1, 0.15) is 50.6 Å². The zero-order valence-electron chi connectivity index (χ0n) is 12.8. The highest BCUT2D eigenvalue weighted by Gasteiger charge is 2.15. The van der Waals surface area contributed by atoms with Gasteiger partial charge in [-0.3, -0.25) is 0 Å². The average Bonchev–Trinajstić information content (AvgIpc) is 2.90. The van der Waals surface area contributed by atoms with Crippen LogP contribution < -0.4 is 5.32 Å². The molecule has 0 aliphatic carbocycles. The maximum atomic E-state index is 4.86. The molecule has 0 amide bonds. The molecule has 0 spiro atoms. The quantitative estimate of drug-likeness (QED) is 0.824. The fraction of sp³-hybridized carbons (Fsp3) is 0.471. The lowest BCUT2D eigenvalue weighted by Gasteiger charge is -2.11. The maximum Gasteiger partial charge on any atom is 0.123 e. The van der Waals surface area contributed by atoms with Crippen molar-refractivity contribution in [2.45, 2.75) is 52.6 Å². The Bertz CT molecular complexity index is 531. The van der Waals surface area contributed by atoms with E-state index >= 15 is 0 Å². The minimum Gasteiger partial charge on any atom is -0.309 e. The first-order valence-electron chi connectivity index (χ1n) is 7.40. The van der Waals surface area contributed by atoms with E-state index in [1.807, 2.05) is 17.4 Å². The summed E-state index contributed by atoms with van der Waals surface area (Å²) < 4.78 is 0. The van der Waals surface area contributed by atoms with Crippen LogP contribution in [0.3, 0.4) is 0 Å². The van der Waals surface area contributed by atoms with Crippen molar-refractivity contribution in [2.75, 3.05) is 0 Å². The van der Waals surface area contributed by atoms with Crippen molar-refractivity contribution in [2.24, 2.45) is 0 Å². The van der Waals surface area contributed by atoms with Gasteiger partial charge in [0.25, 0.3) is 0 Å². The second-order valence-electron chi connectivity index (χ2n) is 5.54. The van der Waals surface area contributed by atoms with Crippen LogP contribution in [-0.4, -0.2) is 11.0 Å². The number of thiazole rings is 1. The standard InChI is InChI=1S/C17H24N2S/c1-5-13(4)18-11-15-16(12(2)3)19-17(20-15)14-9-7-6-8-10-14/h6-10,12-13,18H,5,11H2,1-4H3. The topological polar surface area (TPSA) is 24.9 Å². The lowest BCUT2D eigenvalue weighted by molar-refractivity contribution is 0.534. The van der Waals surface area contributed by atoms with Crippen LogP contribution in [0.15, 0.2) is 30.3 Å². The van der Waals surface area contributed by atoms with Crippen molar-refractivity contribution in [1.29, 1.82) is 0 Å². The van der Waals surface area contributed by atoms with E-state index in [0.717, 1.165) is 18.0 Å². The van der Waals surface area contributed by atoms with Gasteiger partial charge in [0.05, 0.1) is 5.69 Å². The molecule has 2 aromatic rings. The van der Waals surface area contributed by atoms with Crippen molar-refractivity contribution in [3.63, 3.8) is 0 Å². The molecule has 0 fully saturated rings. The summed E-state index contributed by atoms with van der Waals surface area (Å²) >= 11 is 1.82. The van der Waals surface area contributed by atoms with Gasteiger partial charge in [0.2, 0.25) is 0 Å². The van der Waals surface area contributed by atoms with E-state index in [1.165, 1.54) is 16.1 Å². The molecule has 2 nitrogen and oxygen atoms in total. The molecule has 1 aromatic heterocycles. The van der Waals surface area contributed by atoms with E-state index in [4.69, 9.17) is 4.98 Å². The molecule has 20 heavy (non-hydrogen) atoms. The van der Waals surface area contributed by atoms with Gasteiger partial charge in [-0.25, -0.2) is 4.98 Å². The molecule has 0 aliphatic heterocycles. The van der Waals surface area contributed by atoms with Crippen LogP contribution in [-0.2, 0) is 6.54 Å². The van der Waals surface area contributed by atoms with Crippen LogP contribution in [0.4, 0.5) is 0 Å². The fourth-order valence-electron chi connectivity index (χ4n) is 2.06. The molecule has 0 saturated heterocycles. The van der Waals surface area contributed by atoms with Gasteiger partial charge in [0, 0.05) is 23.0 Å². The summed E-state index contributed by atoms with van der Waals surface area (Å²) in [5, 5.41) is 4.71. The van der Waals surface area contributed by atoms with Crippen LogP contribution in [0, 0.1) is 0 Å². The van der Waals surface area contributed by atoms with Crippen LogP contribution in [0.5, 0.6) is 0 Å². The number of rotatable bonds is 6. The first-order chi connectivity index (χ1) is 9.61. The SMILES string of the molecule is CCC(C)NCc1sc(-c2ccccc2)nc1C(C)C. The fourth-order valence-corrected chi connectivity index (χ4v) is 3.23. The maximum absolute atomic E-state index is 4.86. The van der Waals surface area contributed by atoms with Crippen molar-refractivity contribution in [3.05, 3.63) is 40.9 Å². The molecule has 1 aromatic carbocycles. The Morgan fingerprint density at radius 3 is 2.45 bits per heavy atom. The van der Waals surface area contributed by atoms with Gasteiger partial charge in [0.15, 0.2) is 0 Å². The zero-order valence-corrected chi connectivity index (χ0v) is 13.6. The second kappa shape index (κ2) is 7.00. The number of nitrogens with zero attached hydrogens (tertiary/aromatic N) is 1. The molecular formula is C17H24N2S. The molecule has 0 saturated carbocycles. The van der Waals surface area contributed by atoms with Crippen molar-refractivity contribution in [1.82, 2.24) is 10.3 Å². The first-order valence-corrected chi connectivity index (χ1v) is 8.21. The zero-order chi connectivity index (χ0) is 14.5. The summed E-state index contributed by atoms with van der Waals surface area (Å²) in [7, 11) is 0. The summed E-state index contributed by atoms with van der Waals surface area (Å²) in [6.07, 6.45) is 1.15. The van der Waals surface area contributed by atoms with Gasteiger partial charge in [-0.05, 0) is 19.3 Å². The van der Waals surface area contributed by atoms with Gasteiger partial charge in [-0.2, -0.15) is 0 Å². The van der Waals surface area contributed by atoms with Gasteiger partial charge in [-0.1, -0.05) is 51.1 Å². The van der Waals surface area contributed by atoms with E-state index in [1.54, 1.807) is 0 Å². The summed E-state index contributed by atoms with van der Waals surface area (Å²) in [5.41, 5.74) is 2.46. The Labute approximate surface area is 126 Å². The molecule has 0 aliphatic rings. The van der Waals surface area contributed by atoms with Gasteiger partial charge in [0.1, 0.15) is 5.01 Å². The number of hydrogen-bond acceptors (Lipinski definition) is 3. The summed E-state index contributed by atoms with van der Waals surface area (Å²) in [4.78, 5) is 6.24. The van der Waals surface area contributed by atoms with Gasteiger partial charge in [-0.15, -0.1) is 11.3 Å². The Hall–Kier alpha value is -1.19. The third-order valence-electron chi connectivity index (χ3n) is 3.52. The van der Waals surface area contributed by atoms with Gasteiger partial charge >= 0.3 is 0 Å². The molecule has 1 unspecified atom stereocenters. The summed E-state index contributed by atoms with van der Waals surface area (Å²) in [6, 6.07) is 11.0. The molecular weight excluding hydrogens is 264 g/mol. The molecule has 1 heterocycles. The van der Waals surface area contributed by atoms with Crippen LogP contribution in [0.2, 0.25) is 0 Å². The predicted molar refractivity (Wildman–Crippen MR) is 88.2 cm³/mol. The summed E-state index contributed by atoms with van der Waals surface area (Å²) in [6.45, 7) is 9.80. The van der Waals surface area contributed by atoms with Crippen molar-refractivity contribution in [3.8, 4) is 10.6 Å². The van der Waals surface area contributed by atoms with E-state index < -0.39 is 0 Å². The Kier molecular flexibility index (Phi) is 5.32. The van der Waals surface area contributed by atoms with Crippen molar-refractivity contribution < 1.29 is 0 Å². The smallest absolute Gasteiger partial charge is 0.123 e. The minimum atomic E-state index is 0.470. The van der Waals surface area contributed by atoms with Gasteiger partial charge < -0.3 is 5.32 Å². The van der Waals surface area contributed by atoms with Crippen LogP contribution in [0.25, 0.3) is 10.6 Å². The first kappa shape index (κ1) is 15.2. The third-order valence-corrected chi connectivity index (χ3v) is 4.64. The molecule has 108 valence electrons. The largest absolute Gasteiger partial charge is 0.309 e. The van der Waals surface area contributed by atoms with E-state index in [-0.39, 0.29) is 0 Å². The lowest BCUT2D eigenvalue weighted by Crippen LogP contribution is -2.24. The normalized spacial score (nSPS) is 12.8. The minimum absolute atomic E-state index is 0.470. The number of benzene rings is 1. The number of aromatic nitrogens is 1. The lowest BCUT2D eigenvalue weighted by atomic mass is 10.1. The highest BCUT2D eigenvalue weighted by atomic mass is 32.1. The Morgan fingerprint density at radius 1 is 1.15 bits per heavy atom. The Balaban J connectivity index is 2.24. The molecule has 1 atom stereocenters. The molecule has 0 bridgehead atoms. The van der Waals surface area contributed by atoms with E-state index in [2.05, 4.69) is 57.3 Å². The average molecular weight is 288 g/mol. The van der Waals surface area contributed by atoms with Crippen LogP contribution >= 0.6 is 11.3 Å². The Morgan fingerprint density at radius 2 is 1.85 bits per heavy atom. The highest BCUT2D eigenvalue weighted by molar-refractivity contribution is 7.15. The van der Waals surface area contributed by atoms with E-state index in [0.29, 0.717) is 12.0 Å². The highest BCUT2D eigenvalue weighted by Crippen LogP contribution is 2.31. The predicted octanol–water partition coefficient (Wildman–Crippen LogP) is 4.82. The second-order valence-corrected chi connectivity index (χ2v) is 6.62.